The maximum Gasteiger partial charge on any atom is 0.244 e. The predicted molar refractivity (Wildman–Crippen MR) is 70.5 cm³/mol. The van der Waals surface area contributed by atoms with E-state index in [1.54, 1.807) is 4.31 Å². The van der Waals surface area contributed by atoms with Crippen LogP contribution in [0.4, 0.5) is 5.82 Å². The van der Waals surface area contributed by atoms with Crippen LogP contribution in [0.2, 0.25) is 0 Å². The number of nitrogens with zero attached hydrogens (tertiary/aromatic N) is 2. The summed E-state index contributed by atoms with van der Waals surface area (Å²) in [5.41, 5.74) is 5.48. The minimum absolute atomic E-state index is 0.112. The zero-order valence-electron chi connectivity index (χ0n) is 10.5. The van der Waals surface area contributed by atoms with Gasteiger partial charge in [0.25, 0.3) is 0 Å². The van der Waals surface area contributed by atoms with Crippen LogP contribution < -0.4 is 5.73 Å². The van der Waals surface area contributed by atoms with Crippen LogP contribution in [0.5, 0.6) is 0 Å². The molecule has 2 rings (SSSR count). The molecule has 1 saturated heterocycles. The molecule has 0 aromatic carbocycles. The first-order valence-electron chi connectivity index (χ1n) is 6.29. The van der Waals surface area contributed by atoms with E-state index in [9.17, 15) is 8.42 Å². The Bertz CT molecular complexity index is 499. The molecule has 0 spiro atoms. The van der Waals surface area contributed by atoms with Gasteiger partial charge in [-0.3, -0.25) is 0 Å². The van der Waals surface area contributed by atoms with Crippen molar-refractivity contribution in [2.45, 2.75) is 43.5 Å². The van der Waals surface area contributed by atoms with Crippen LogP contribution in [-0.4, -0.2) is 30.3 Å². The lowest BCUT2D eigenvalue weighted by Gasteiger charge is -2.33. The van der Waals surface area contributed by atoms with Crippen LogP contribution in [0.15, 0.2) is 23.2 Å². The molecule has 1 atom stereocenters. The summed E-state index contributed by atoms with van der Waals surface area (Å²) in [6.07, 6.45) is 5.16. The summed E-state index contributed by atoms with van der Waals surface area (Å²) in [5, 5.41) is 0. The number of hydrogen-bond donors (Lipinski definition) is 1. The lowest BCUT2D eigenvalue weighted by atomic mass is 10.0. The quantitative estimate of drug-likeness (QED) is 0.904. The first kappa shape index (κ1) is 13.3. The number of rotatable bonds is 3. The molecular formula is C12H19N3O2S. The third-order valence-electron chi connectivity index (χ3n) is 3.41. The third kappa shape index (κ3) is 2.49. The first-order chi connectivity index (χ1) is 8.55. The molecule has 100 valence electrons. The van der Waals surface area contributed by atoms with Gasteiger partial charge in [0.1, 0.15) is 10.7 Å². The number of pyridine rings is 1. The van der Waals surface area contributed by atoms with E-state index >= 15 is 0 Å². The summed E-state index contributed by atoms with van der Waals surface area (Å²) < 4.78 is 26.6. The second-order valence-corrected chi connectivity index (χ2v) is 6.48. The van der Waals surface area contributed by atoms with Gasteiger partial charge >= 0.3 is 0 Å². The lowest BCUT2D eigenvalue weighted by molar-refractivity contribution is 0.246. The maximum absolute atomic E-state index is 12.5. The van der Waals surface area contributed by atoms with Gasteiger partial charge in [0.2, 0.25) is 10.0 Å². The Morgan fingerprint density at radius 2 is 2.22 bits per heavy atom. The summed E-state index contributed by atoms with van der Waals surface area (Å²) in [7, 11) is -3.42. The molecular weight excluding hydrogens is 250 g/mol. The van der Waals surface area contributed by atoms with Gasteiger partial charge in [-0.25, -0.2) is 13.4 Å². The van der Waals surface area contributed by atoms with Crippen LogP contribution >= 0.6 is 0 Å². The molecule has 1 aromatic rings. The van der Waals surface area contributed by atoms with E-state index in [4.69, 9.17) is 5.73 Å². The highest BCUT2D eigenvalue weighted by Crippen LogP contribution is 2.26. The summed E-state index contributed by atoms with van der Waals surface area (Å²) in [6.45, 7) is 2.63. The second-order valence-electron chi connectivity index (χ2n) is 4.59. The molecule has 18 heavy (non-hydrogen) atoms. The molecule has 0 bridgehead atoms. The topological polar surface area (TPSA) is 76.3 Å². The molecule has 2 heterocycles. The number of aromatic nitrogens is 1. The molecule has 1 aromatic heterocycles. The van der Waals surface area contributed by atoms with Crippen molar-refractivity contribution in [3.8, 4) is 0 Å². The Hall–Kier alpha value is -1.14. The van der Waals surface area contributed by atoms with E-state index in [0.717, 1.165) is 25.7 Å². The molecule has 0 radical (unpaired) electrons. The molecule has 1 fully saturated rings. The number of nitrogens with two attached hydrogens (primary N) is 1. The average molecular weight is 269 g/mol. The Kier molecular flexibility index (Phi) is 3.87. The molecule has 0 saturated carbocycles. The van der Waals surface area contributed by atoms with E-state index in [2.05, 4.69) is 4.98 Å². The van der Waals surface area contributed by atoms with Crippen LogP contribution in [0.1, 0.15) is 32.6 Å². The second kappa shape index (κ2) is 5.24. The van der Waals surface area contributed by atoms with Crippen LogP contribution in [-0.2, 0) is 10.0 Å². The summed E-state index contributed by atoms with van der Waals surface area (Å²) in [4.78, 5) is 4.10. The highest BCUT2D eigenvalue weighted by atomic mass is 32.2. The van der Waals surface area contributed by atoms with E-state index in [1.165, 1.54) is 18.3 Å². The van der Waals surface area contributed by atoms with Crippen LogP contribution in [0.3, 0.4) is 0 Å². The number of nitrogen functional groups attached to an aromatic ring is 1. The molecule has 2 N–H and O–H groups in total. The normalized spacial score (nSPS) is 21.9. The molecule has 1 unspecified atom stereocenters. The highest BCUT2D eigenvalue weighted by Gasteiger charge is 2.32. The lowest BCUT2D eigenvalue weighted by Crippen LogP contribution is -2.43. The molecule has 5 nitrogen and oxygen atoms in total. The van der Waals surface area contributed by atoms with Crippen molar-refractivity contribution in [1.82, 2.24) is 9.29 Å². The minimum atomic E-state index is -3.42. The van der Waals surface area contributed by atoms with Crippen molar-refractivity contribution in [3.63, 3.8) is 0 Å². The first-order valence-corrected chi connectivity index (χ1v) is 7.73. The van der Waals surface area contributed by atoms with Gasteiger partial charge < -0.3 is 5.73 Å². The Balaban J connectivity index is 2.32. The van der Waals surface area contributed by atoms with Crippen LogP contribution in [0.25, 0.3) is 0 Å². The van der Waals surface area contributed by atoms with Gasteiger partial charge in [-0.05, 0) is 31.4 Å². The van der Waals surface area contributed by atoms with Crippen molar-refractivity contribution in [3.05, 3.63) is 18.3 Å². The molecule has 0 amide bonds. The van der Waals surface area contributed by atoms with Gasteiger partial charge in [-0.1, -0.05) is 13.3 Å². The number of piperidine rings is 1. The summed E-state index contributed by atoms with van der Waals surface area (Å²) in [6, 6.07) is 3.16. The van der Waals surface area contributed by atoms with Crippen molar-refractivity contribution in [2.75, 3.05) is 12.3 Å². The predicted octanol–water partition coefficient (Wildman–Crippen LogP) is 1.62. The Morgan fingerprint density at radius 1 is 1.44 bits per heavy atom. The average Bonchev–Trinajstić information content (AvgIpc) is 2.39. The van der Waals surface area contributed by atoms with Gasteiger partial charge in [0.15, 0.2) is 0 Å². The SMILES string of the molecule is CCC1CCCCN1S(=O)(=O)c1ccc(N)nc1. The van der Waals surface area contributed by atoms with Crippen molar-refractivity contribution < 1.29 is 8.42 Å². The number of hydrogen-bond acceptors (Lipinski definition) is 4. The molecule has 6 heteroatoms. The van der Waals surface area contributed by atoms with E-state index in [1.807, 2.05) is 6.92 Å². The zero-order valence-corrected chi connectivity index (χ0v) is 11.4. The highest BCUT2D eigenvalue weighted by molar-refractivity contribution is 7.89. The smallest absolute Gasteiger partial charge is 0.244 e. The van der Waals surface area contributed by atoms with E-state index < -0.39 is 10.0 Å². The van der Waals surface area contributed by atoms with Crippen molar-refractivity contribution >= 4 is 15.8 Å². The van der Waals surface area contributed by atoms with Gasteiger partial charge in [0, 0.05) is 18.8 Å². The Morgan fingerprint density at radius 3 is 2.83 bits per heavy atom. The minimum Gasteiger partial charge on any atom is -0.384 e. The van der Waals surface area contributed by atoms with E-state index in [0.29, 0.717) is 12.4 Å². The monoisotopic (exact) mass is 269 g/mol. The molecule has 1 aliphatic heterocycles. The fourth-order valence-corrected chi connectivity index (χ4v) is 4.09. The molecule has 1 aliphatic rings. The number of anilines is 1. The van der Waals surface area contributed by atoms with Gasteiger partial charge in [-0.15, -0.1) is 0 Å². The fourth-order valence-electron chi connectivity index (χ4n) is 2.38. The number of sulfonamides is 1. The largest absolute Gasteiger partial charge is 0.384 e. The summed E-state index contributed by atoms with van der Waals surface area (Å²) in [5.74, 6) is 0.333. The summed E-state index contributed by atoms with van der Waals surface area (Å²) >= 11 is 0. The maximum atomic E-state index is 12.5. The molecule has 0 aliphatic carbocycles. The standard InChI is InChI=1S/C12H19N3O2S/c1-2-10-5-3-4-8-15(10)18(16,17)11-6-7-12(13)14-9-11/h6-7,9-10H,2-5,8H2,1H3,(H2,13,14). The van der Waals surface area contributed by atoms with E-state index in [-0.39, 0.29) is 10.9 Å². The third-order valence-corrected chi connectivity index (χ3v) is 5.35. The van der Waals surface area contributed by atoms with Gasteiger partial charge in [-0.2, -0.15) is 4.31 Å². The van der Waals surface area contributed by atoms with Crippen molar-refractivity contribution in [1.29, 1.82) is 0 Å². The van der Waals surface area contributed by atoms with Gasteiger partial charge in [0.05, 0.1) is 0 Å². The fraction of sp³-hybridized carbons (Fsp3) is 0.583. The zero-order chi connectivity index (χ0) is 13.2. The van der Waals surface area contributed by atoms with Crippen molar-refractivity contribution in [2.24, 2.45) is 0 Å². The Labute approximate surface area is 108 Å². The van der Waals surface area contributed by atoms with Crippen LogP contribution in [0, 0.1) is 0 Å².